The lowest BCUT2D eigenvalue weighted by Gasteiger charge is -2.04. The van der Waals surface area contributed by atoms with Gasteiger partial charge in [0.2, 0.25) is 0 Å². The number of carboxylic acid groups (broad SMARTS) is 1. The second kappa shape index (κ2) is 6.38. The average molecular weight is 236 g/mol. The normalized spacial score (nSPS) is 12.9. The number of carboxylic acids is 1. The summed E-state index contributed by atoms with van der Waals surface area (Å²) >= 11 is 4.33. The molecule has 0 aliphatic rings. The van der Waals surface area contributed by atoms with E-state index in [9.17, 15) is 4.79 Å². The Bertz CT molecular complexity index is 383. The molecule has 0 aliphatic carbocycles. The highest BCUT2D eigenvalue weighted by Gasteiger charge is 1.98. The van der Waals surface area contributed by atoms with E-state index in [1.807, 2.05) is 24.3 Å². The van der Waals surface area contributed by atoms with E-state index in [0.717, 1.165) is 24.5 Å². The molecule has 0 bridgehead atoms. The summed E-state index contributed by atoms with van der Waals surface area (Å²) in [5.41, 5.74) is 2.14. The van der Waals surface area contributed by atoms with Crippen molar-refractivity contribution in [2.45, 2.75) is 25.0 Å². The molecule has 2 nitrogen and oxygen atoms in total. The quantitative estimate of drug-likeness (QED) is 0.609. The summed E-state index contributed by atoms with van der Waals surface area (Å²) in [6.45, 7) is 2.07. The Morgan fingerprint density at radius 1 is 1.56 bits per heavy atom. The van der Waals surface area contributed by atoms with Crippen LogP contribution in [0.4, 0.5) is 0 Å². The van der Waals surface area contributed by atoms with E-state index < -0.39 is 5.97 Å². The highest BCUT2D eigenvalue weighted by atomic mass is 32.1. The van der Waals surface area contributed by atoms with Crippen LogP contribution < -0.4 is 0 Å². The van der Waals surface area contributed by atoms with Crippen LogP contribution in [-0.2, 0) is 11.2 Å². The molecule has 3 heteroatoms. The number of benzene rings is 1. The number of thiol groups is 1. The summed E-state index contributed by atoms with van der Waals surface area (Å²) in [7, 11) is 0. The molecule has 1 rings (SSSR count). The molecule has 16 heavy (non-hydrogen) atoms. The molecule has 86 valence electrons. The molecular formula is C13H16O2S. The van der Waals surface area contributed by atoms with Crippen LogP contribution in [0, 0.1) is 0 Å². The van der Waals surface area contributed by atoms with Crippen LogP contribution >= 0.6 is 12.6 Å². The number of aliphatic carboxylic acids is 1. The second-order valence-corrected chi connectivity index (χ2v) is 4.69. The summed E-state index contributed by atoms with van der Waals surface area (Å²) < 4.78 is 0. The standard InChI is InChI=1S/C13H16O2S/c1-10(16)5-6-11-3-2-4-12(9-11)7-8-13(14)15/h2-4,7-10,16H,5-6H2,1H3,(H,14,15)/b8-7+. The van der Waals surface area contributed by atoms with Gasteiger partial charge in [-0.15, -0.1) is 0 Å². The van der Waals surface area contributed by atoms with Crippen molar-refractivity contribution in [2.24, 2.45) is 0 Å². The predicted octanol–water partition coefficient (Wildman–Crippen LogP) is 3.04. The number of aryl methyl sites for hydroxylation is 1. The lowest BCUT2D eigenvalue weighted by molar-refractivity contribution is -0.131. The van der Waals surface area contributed by atoms with Gasteiger partial charge in [-0.1, -0.05) is 31.2 Å². The molecule has 0 heterocycles. The molecule has 1 aromatic rings. The molecule has 0 spiro atoms. The van der Waals surface area contributed by atoms with Gasteiger partial charge in [-0.05, 0) is 35.3 Å². The maximum absolute atomic E-state index is 10.4. The van der Waals surface area contributed by atoms with E-state index in [0.29, 0.717) is 5.25 Å². The molecule has 0 fully saturated rings. The van der Waals surface area contributed by atoms with Crippen molar-refractivity contribution < 1.29 is 9.90 Å². The van der Waals surface area contributed by atoms with Gasteiger partial charge in [0.25, 0.3) is 0 Å². The van der Waals surface area contributed by atoms with Crippen molar-refractivity contribution >= 4 is 24.7 Å². The van der Waals surface area contributed by atoms with Crippen molar-refractivity contribution in [3.8, 4) is 0 Å². The number of hydrogen-bond acceptors (Lipinski definition) is 2. The minimum absolute atomic E-state index is 0.387. The second-order valence-electron chi connectivity index (χ2n) is 3.80. The summed E-state index contributed by atoms with van der Waals surface area (Å²) in [6, 6.07) is 7.90. The summed E-state index contributed by atoms with van der Waals surface area (Å²) in [5, 5.41) is 8.91. The fourth-order valence-electron chi connectivity index (χ4n) is 1.40. The van der Waals surface area contributed by atoms with Crippen molar-refractivity contribution in [3.05, 3.63) is 41.5 Å². The van der Waals surface area contributed by atoms with Crippen LogP contribution in [-0.4, -0.2) is 16.3 Å². The Morgan fingerprint density at radius 3 is 2.94 bits per heavy atom. The Hall–Kier alpha value is -1.22. The van der Waals surface area contributed by atoms with E-state index >= 15 is 0 Å². The SMILES string of the molecule is CC(S)CCc1cccc(/C=C/C(=O)O)c1. The van der Waals surface area contributed by atoms with Gasteiger partial charge in [0.05, 0.1) is 0 Å². The minimum atomic E-state index is -0.922. The van der Waals surface area contributed by atoms with E-state index in [2.05, 4.69) is 19.6 Å². The maximum atomic E-state index is 10.4. The summed E-state index contributed by atoms with van der Waals surface area (Å²) in [4.78, 5) is 10.4. The minimum Gasteiger partial charge on any atom is -0.478 e. The highest BCUT2D eigenvalue weighted by Crippen LogP contribution is 2.11. The molecule has 1 atom stereocenters. The lowest BCUT2D eigenvalue weighted by Crippen LogP contribution is -1.95. The fourth-order valence-corrected chi connectivity index (χ4v) is 1.52. The van der Waals surface area contributed by atoms with Crippen molar-refractivity contribution in [2.75, 3.05) is 0 Å². The monoisotopic (exact) mass is 236 g/mol. The van der Waals surface area contributed by atoms with Gasteiger partial charge in [-0.3, -0.25) is 0 Å². The van der Waals surface area contributed by atoms with Crippen molar-refractivity contribution in [1.29, 1.82) is 0 Å². The zero-order valence-electron chi connectivity index (χ0n) is 9.26. The zero-order valence-corrected chi connectivity index (χ0v) is 10.2. The van der Waals surface area contributed by atoms with Gasteiger partial charge < -0.3 is 5.11 Å². The Kier molecular flexibility index (Phi) is 5.12. The lowest BCUT2D eigenvalue weighted by atomic mass is 10.1. The fraction of sp³-hybridized carbons (Fsp3) is 0.308. The van der Waals surface area contributed by atoms with Gasteiger partial charge in [0.15, 0.2) is 0 Å². The predicted molar refractivity (Wildman–Crippen MR) is 69.9 cm³/mol. The van der Waals surface area contributed by atoms with Crippen LogP contribution in [0.1, 0.15) is 24.5 Å². The third kappa shape index (κ3) is 5.03. The molecule has 0 saturated heterocycles. The van der Waals surface area contributed by atoms with Gasteiger partial charge in [0, 0.05) is 6.08 Å². The number of carbonyl (C=O) groups is 1. The number of rotatable bonds is 5. The highest BCUT2D eigenvalue weighted by molar-refractivity contribution is 7.80. The molecule has 0 radical (unpaired) electrons. The van der Waals surface area contributed by atoms with Crippen molar-refractivity contribution in [1.82, 2.24) is 0 Å². The van der Waals surface area contributed by atoms with Gasteiger partial charge in [-0.25, -0.2) is 4.79 Å². The third-order valence-electron chi connectivity index (χ3n) is 2.22. The van der Waals surface area contributed by atoms with Crippen LogP contribution in [0.5, 0.6) is 0 Å². The molecule has 0 aromatic heterocycles. The largest absolute Gasteiger partial charge is 0.478 e. The molecule has 0 saturated carbocycles. The topological polar surface area (TPSA) is 37.3 Å². The van der Waals surface area contributed by atoms with E-state index in [1.54, 1.807) is 6.08 Å². The Labute approximate surface area is 101 Å². The molecule has 1 aromatic carbocycles. The maximum Gasteiger partial charge on any atom is 0.328 e. The Balaban J connectivity index is 2.67. The molecule has 0 amide bonds. The first-order chi connectivity index (χ1) is 7.58. The molecular weight excluding hydrogens is 220 g/mol. The molecule has 0 aliphatic heterocycles. The van der Waals surface area contributed by atoms with E-state index in [-0.39, 0.29) is 0 Å². The zero-order chi connectivity index (χ0) is 12.0. The van der Waals surface area contributed by atoms with Gasteiger partial charge in [0.1, 0.15) is 0 Å². The van der Waals surface area contributed by atoms with Gasteiger partial charge in [-0.2, -0.15) is 12.6 Å². The van der Waals surface area contributed by atoms with Crippen LogP contribution in [0.3, 0.4) is 0 Å². The Morgan fingerprint density at radius 2 is 2.31 bits per heavy atom. The number of hydrogen-bond donors (Lipinski definition) is 2. The smallest absolute Gasteiger partial charge is 0.328 e. The van der Waals surface area contributed by atoms with Crippen LogP contribution in [0.25, 0.3) is 6.08 Å². The van der Waals surface area contributed by atoms with E-state index in [4.69, 9.17) is 5.11 Å². The van der Waals surface area contributed by atoms with Crippen LogP contribution in [0.2, 0.25) is 0 Å². The average Bonchev–Trinajstić information content (AvgIpc) is 2.24. The molecule has 1 N–H and O–H groups in total. The van der Waals surface area contributed by atoms with Gasteiger partial charge >= 0.3 is 5.97 Å². The summed E-state index contributed by atoms with van der Waals surface area (Å²) in [5.74, 6) is -0.922. The first-order valence-electron chi connectivity index (χ1n) is 5.26. The van der Waals surface area contributed by atoms with E-state index in [1.165, 1.54) is 5.56 Å². The van der Waals surface area contributed by atoms with Crippen molar-refractivity contribution in [3.63, 3.8) is 0 Å². The first kappa shape index (κ1) is 12.8. The first-order valence-corrected chi connectivity index (χ1v) is 5.77. The summed E-state index contributed by atoms with van der Waals surface area (Å²) in [6.07, 6.45) is 4.75. The molecule has 1 unspecified atom stereocenters. The third-order valence-corrected chi connectivity index (χ3v) is 2.48. The van der Waals surface area contributed by atoms with Crippen LogP contribution in [0.15, 0.2) is 30.3 Å².